The highest BCUT2D eigenvalue weighted by Gasteiger charge is 2.40. The molecular formula is C14H15F2NO3. The summed E-state index contributed by atoms with van der Waals surface area (Å²) in [6.45, 7) is 0. The number of amides is 1. The second kappa shape index (κ2) is 5.56. The summed E-state index contributed by atoms with van der Waals surface area (Å²) in [5, 5.41) is 11.5. The highest BCUT2D eigenvalue weighted by Crippen LogP contribution is 2.35. The van der Waals surface area contributed by atoms with Crippen LogP contribution in [-0.2, 0) is 16.0 Å². The molecule has 0 aromatic heterocycles. The van der Waals surface area contributed by atoms with Gasteiger partial charge < -0.3 is 10.4 Å². The Morgan fingerprint density at radius 1 is 1.30 bits per heavy atom. The average molecular weight is 283 g/mol. The van der Waals surface area contributed by atoms with Crippen molar-refractivity contribution in [3.05, 3.63) is 35.4 Å². The highest BCUT2D eigenvalue weighted by molar-refractivity contribution is 5.80. The van der Waals surface area contributed by atoms with Crippen LogP contribution >= 0.6 is 0 Å². The Balaban J connectivity index is 2.01. The summed E-state index contributed by atoms with van der Waals surface area (Å²) < 4.78 is 26.4. The third-order valence-corrected chi connectivity index (χ3v) is 3.56. The molecule has 0 radical (unpaired) electrons. The molecule has 1 aromatic carbocycles. The quantitative estimate of drug-likeness (QED) is 0.868. The summed E-state index contributed by atoms with van der Waals surface area (Å²) in [5.74, 6) is -2.74. The molecule has 0 bridgehead atoms. The monoisotopic (exact) mass is 283 g/mol. The Morgan fingerprint density at radius 3 is 2.55 bits per heavy atom. The van der Waals surface area contributed by atoms with Crippen LogP contribution in [0.25, 0.3) is 0 Å². The average Bonchev–Trinajstić information content (AvgIpc) is 2.30. The van der Waals surface area contributed by atoms with Gasteiger partial charge in [0, 0.05) is 5.56 Å². The van der Waals surface area contributed by atoms with Crippen LogP contribution in [0.3, 0.4) is 0 Å². The third-order valence-electron chi connectivity index (χ3n) is 3.56. The first-order chi connectivity index (χ1) is 9.40. The number of carboxylic acids is 1. The summed E-state index contributed by atoms with van der Waals surface area (Å²) >= 11 is 0. The first kappa shape index (κ1) is 14.4. The van der Waals surface area contributed by atoms with E-state index in [-0.39, 0.29) is 18.4 Å². The number of hydrogen-bond acceptors (Lipinski definition) is 2. The standard InChI is InChI=1S/C14H15F2NO3/c15-10-2-3-11(16)9(6-10)7-12(18)17-14(4-1-5-14)8-13(19)20/h2-3,6H,1,4-5,7-8H2,(H,17,18)(H,19,20). The van der Waals surface area contributed by atoms with Gasteiger partial charge in [0.15, 0.2) is 0 Å². The molecule has 4 nitrogen and oxygen atoms in total. The van der Waals surface area contributed by atoms with Gasteiger partial charge in [-0.3, -0.25) is 9.59 Å². The zero-order valence-electron chi connectivity index (χ0n) is 10.8. The van der Waals surface area contributed by atoms with Crippen molar-refractivity contribution in [1.29, 1.82) is 0 Å². The number of rotatable bonds is 5. The Labute approximate surface area is 114 Å². The van der Waals surface area contributed by atoms with Crippen LogP contribution in [-0.4, -0.2) is 22.5 Å². The minimum atomic E-state index is -0.984. The molecular weight excluding hydrogens is 268 g/mol. The van der Waals surface area contributed by atoms with E-state index < -0.39 is 29.0 Å². The number of benzene rings is 1. The zero-order valence-corrected chi connectivity index (χ0v) is 10.8. The van der Waals surface area contributed by atoms with Gasteiger partial charge in [-0.05, 0) is 37.5 Å². The molecule has 0 atom stereocenters. The molecule has 0 spiro atoms. The van der Waals surface area contributed by atoms with Gasteiger partial charge in [0.05, 0.1) is 18.4 Å². The van der Waals surface area contributed by atoms with E-state index in [0.29, 0.717) is 12.8 Å². The van der Waals surface area contributed by atoms with Crippen LogP contribution < -0.4 is 5.32 Å². The van der Waals surface area contributed by atoms with Crippen LogP contribution in [0.4, 0.5) is 8.78 Å². The van der Waals surface area contributed by atoms with Crippen LogP contribution in [0.1, 0.15) is 31.2 Å². The maximum atomic E-state index is 13.4. The fraction of sp³-hybridized carbons (Fsp3) is 0.429. The van der Waals surface area contributed by atoms with Crippen molar-refractivity contribution in [3.63, 3.8) is 0 Å². The maximum absolute atomic E-state index is 13.4. The maximum Gasteiger partial charge on any atom is 0.305 e. The van der Waals surface area contributed by atoms with Crippen molar-refractivity contribution < 1.29 is 23.5 Å². The van der Waals surface area contributed by atoms with Gasteiger partial charge in [0.1, 0.15) is 11.6 Å². The van der Waals surface area contributed by atoms with Gasteiger partial charge in [0.2, 0.25) is 5.91 Å². The van der Waals surface area contributed by atoms with E-state index in [4.69, 9.17) is 5.11 Å². The molecule has 2 rings (SSSR count). The lowest BCUT2D eigenvalue weighted by molar-refractivity contribution is -0.140. The van der Waals surface area contributed by atoms with Crippen molar-refractivity contribution in [1.82, 2.24) is 5.32 Å². The lowest BCUT2D eigenvalue weighted by Crippen LogP contribution is -2.55. The lowest BCUT2D eigenvalue weighted by atomic mass is 9.74. The van der Waals surface area contributed by atoms with E-state index in [1.165, 1.54) is 0 Å². The third kappa shape index (κ3) is 3.31. The smallest absolute Gasteiger partial charge is 0.305 e. The molecule has 6 heteroatoms. The Morgan fingerprint density at radius 2 is 2.00 bits per heavy atom. The van der Waals surface area contributed by atoms with Crippen molar-refractivity contribution in [3.8, 4) is 0 Å². The van der Waals surface area contributed by atoms with E-state index in [9.17, 15) is 18.4 Å². The largest absolute Gasteiger partial charge is 0.481 e. The lowest BCUT2D eigenvalue weighted by Gasteiger charge is -2.41. The van der Waals surface area contributed by atoms with E-state index in [0.717, 1.165) is 24.6 Å². The fourth-order valence-corrected chi connectivity index (χ4v) is 2.43. The number of nitrogens with one attached hydrogen (secondary N) is 1. The zero-order chi connectivity index (χ0) is 14.8. The molecule has 108 valence electrons. The molecule has 1 saturated carbocycles. The van der Waals surface area contributed by atoms with Crippen molar-refractivity contribution in [2.24, 2.45) is 0 Å². The van der Waals surface area contributed by atoms with Gasteiger partial charge in [-0.1, -0.05) is 0 Å². The minimum Gasteiger partial charge on any atom is -0.481 e. The predicted molar refractivity (Wildman–Crippen MR) is 67.0 cm³/mol. The summed E-state index contributed by atoms with van der Waals surface area (Å²) in [7, 11) is 0. The van der Waals surface area contributed by atoms with Crippen molar-refractivity contribution in [2.45, 2.75) is 37.6 Å². The molecule has 1 aliphatic rings. The number of hydrogen-bond donors (Lipinski definition) is 2. The molecule has 1 aromatic rings. The Kier molecular flexibility index (Phi) is 4.01. The highest BCUT2D eigenvalue weighted by atomic mass is 19.1. The summed E-state index contributed by atoms with van der Waals surface area (Å²) in [6.07, 6.45) is 1.59. The van der Waals surface area contributed by atoms with Gasteiger partial charge in [-0.25, -0.2) is 8.78 Å². The second-order valence-electron chi connectivity index (χ2n) is 5.17. The Hall–Kier alpha value is -1.98. The van der Waals surface area contributed by atoms with Crippen LogP contribution in [0.2, 0.25) is 0 Å². The number of carbonyl (C=O) groups is 2. The minimum absolute atomic E-state index is 0.0349. The van der Waals surface area contributed by atoms with Crippen LogP contribution in [0.15, 0.2) is 18.2 Å². The number of carboxylic acid groups (broad SMARTS) is 1. The van der Waals surface area contributed by atoms with E-state index in [1.807, 2.05) is 0 Å². The fourth-order valence-electron chi connectivity index (χ4n) is 2.43. The second-order valence-corrected chi connectivity index (χ2v) is 5.17. The molecule has 0 saturated heterocycles. The number of aliphatic carboxylic acids is 1. The summed E-state index contributed by atoms with van der Waals surface area (Å²) in [4.78, 5) is 22.7. The number of carbonyl (C=O) groups excluding carboxylic acids is 1. The molecule has 0 aliphatic heterocycles. The van der Waals surface area contributed by atoms with Crippen molar-refractivity contribution in [2.75, 3.05) is 0 Å². The molecule has 1 aliphatic carbocycles. The molecule has 2 N–H and O–H groups in total. The van der Waals surface area contributed by atoms with Gasteiger partial charge in [0.25, 0.3) is 0 Å². The molecule has 1 fully saturated rings. The van der Waals surface area contributed by atoms with Crippen LogP contribution in [0, 0.1) is 11.6 Å². The molecule has 0 heterocycles. The summed E-state index contributed by atoms with van der Waals surface area (Å²) in [5.41, 5.74) is -0.764. The molecule has 20 heavy (non-hydrogen) atoms. The Bertz CT molecular complexity index is 541. The van der Waals surface area contributed by atoms with E-state index in [1.54, 1.807) is 0 Å². The van der Waals surface area contributed by atoms with Crippen molar-refractivity contribution >= 4 is 11.9 Å². The normalized spacial score (nSPS) is 16.3. The molecule has 1 amide bonds. The van der Waals surface area contributed by atoms with E-state index in [2.05, 4.69) is 5.32 Å². The topological polar surface area (TPSA) is 66.4 Å². The van der Waals surface area contributed by atoms with E-state index >= 15 is 0 Å². The van der Waals surface area contributed by atoms with Crippen LogP contribution in [0.5, 0.6) is 0 Å². The molecule has 0 unspecified atom stereocenters. The van der Waals surface area contributed by atoms with Gasteiger partial charge in [-0.2, -0.15) is 0 Å². The number of halogens is 2. The first-order valence-electron chi connectivity index (χ1n) is 6.37. The SMILES string of the molecule is O=C(O)CC1(NC(=O)Cc2cc(F)ccc2F)CCC1. The predicted octanol–water partition coefficient (Wildman–Crippen LogP) is 2.02. The van der Waals surface area contributed by atoms with Gasteiger partial charge in [-0.15, -0.1) is 0 Å². The summed E-state index contributed by atoms with van der Waals surface area (Å²) in [6, 6.07) is 2.92. The first-order valence-corrected chi connectivity index (χ1v) is 6.37. The van der Waals surface area contributed by atoms with Gasteiger partial charge >= 0.3 is 5.97 Å².